The quantitative estimate of drug-likeness (QED) is 0.667. The van der Waals surface area contributed by atoms with E-state index in [4.69, 9.17) is 13.9 Å². The first-order valence-electron chi connectivity index (χ1n) is 7.14. The normalized spacial score (nSPS) is 11.2. The first-order chi connectivity index (χ1) is 10.7. The molecule has 0 bridgehead atoms. The second kappa shape index (κ2) is 5.98. The van der Waals surface area contributed by atoms with Crippen LogP contribution in [0.15, 0.2) is 53.0 Å². The fourth-order valence-corrected chi connectivity index (χ4v) is 2.47. The largest absolute Gasteiger partial charge is 0.497 e. The molecule has 0 saturated carbocycles. The molecule has 0 spiro atoms. The van der Waals surface area contributed by atoms with Crippen molar-refractivity contribution in [1.82, 2.24) is 0 Å². The highest BCUT2D eigenvalue weighted by Crippen LogP contribution is 2.34. The maximum atomic E-state index is 6.06. The van der Waals surface area contributed by atoms with Crippen molar-refractivity contribution in [2.75, 3.05) is 14.2 Å². The molecule has 1 heterocycles. The molecule has 3 rings (SSSR count). The monoisotopic (exact) mass is 294 g/mol. The van der Waals surface area contributed by atoms with Gasteiger partial charge in [0.2, 0.25) is 0 Å². The van der Waals surface area contributed by atoms with Crippen molar-refractivity contribution in [3.8, 4) is 22.8 Å². The molecule has 2 aromatic carbocycles. The van der Waals surface area contributed by atoms with Crippen LogP contribution in [0.2, 0.25) is 0 Å². The number of allylic oxidation sites excluding steroid dienone is 1. The fraction of sp³-hybridized carbons (Fsp3) is 0.158. The lowest BCUT2D eigenvalue weighted by Crippen LogP contribution is -1.83. The summed E-state index contributed by atoms with van der Waals surface area (Å²) in [5.41, 5.74) is 2.89. The van der Waals surface area contributed by atoms with E-state index in [-0.39, 0.29) is 0 Å². The third kappa shape index (κ3) is 2.58. The van der Waals surface area contributed by atoms with Gasteiger partial charge < -0.3 is 13.9 Å². The van der Waals surface area contributed by atoms with Gasteiger partial charge in [0.1, 0.15) is 22.8 Å². The van der Waals surface area contributed by atoms with Gasteiger partial charge in [0.05, 0.1) is 14.2 Å². The molecule has 0 fully saturated rings. The zero-order valence-corrected chi connectivity index (χ0v) is 12.9. The van der Waals surface area contributed by atoms with Crippen molar-refractivity contribution >= 4 is 17.0 Å². The number of fused-ring (bicyclic) bond motifs is 1. The molecule has 3 aromatic rings. The second-order valence-electron chi connectivity index (χ2n) is 4.97. The lowest BCUT2D eigenvalue weighted by atomic mass is 10.1. The number of furan rings is 1. The molecule has 22 heavy (non-hydrogen) atoms. The van der Waals surface area contributed by atoms with E-state index in [1.807, 2.05) is 61.5 Å². The summed E-state index contributed by atoms with van der Waals surface area (Å²) in [5, 5.41) is 1.03. The average molecular weight is 294 g/mol. The molecule has 0 N–H and O–H groups in total. The van der Waals surface area contributed by atoms with Crippen molar-refractivity contribution < 1.29 is 13.9 Å². The summed E-state index contributed by atoms with van der Waals surface area (Å²) in [6.07, 6.45) is 4.01. The number of hydrogen-bond donors (Lipinski definition) is 0. The van der Waals surface area contributed by atoms with Gasteiger partial charge in [-0.2, -0.15) is 0 Å². The fourth-order valence-electron chi connectivity index (χ4n) is 2.47. The summed E-state index contributed by atoms with van der Waals surface area (Å²) in [6.45, 7) is 1.98. The smallest absolute Gasteiger partial charge is 0.142 e. The minimum Gasteiger partial charge on any atom is -0.497 e. The van der Waals surface area contributed by atoms with Gasteiger partial charge in [-0.1, -0.05) is 12.2 Å². The Hall–Kier alpha value is -2.68. The highest BCUT2D eigenvalue weighted by molar-refractivity contribution is 5.90. The van der Waals surface area contributed by atoms with Crippen LogP contribution in [0.1, 0.15) is 12.5 Å². The van der Waals surface area contributed by atoms with Crippen molar-refractivity contribution in [3.63, 3.8) is 0 Å². The zero-order valence-electron chi connectivity index (χ0n) is 12.9. The Labute approximate surface area is 129 Å². The molecule has 3 nitrogen and oxygen atoms in total. The maximum absolute atomic E-state index is 6.06. The van der Waals surface area contributed by atoms with Crippen molar-refractivity contribution in [2.24, 2.45) is 0 Å². The summed E-state index contributed by atoms with van der Waals surface area (Å²) < 4.78 is 16.6. The highest BCUT2D eigenvalue weighted by atomic mass is 16.5. The van der Waals surface area contributed by atoms with Gasteiger partial charge in [-0.3, -0.25) is 0 Å². The molecule has 0 aliphatic carbocycles. The second-order valence-corrected chi connectivity index (χ2v) is 4.97. The Morgan fingerprint density at radius 1 is 0.909 bits per heavy atom. The number of methoxy groups -OCH3 is 2. The molecule has 1 aromatic heterocycles. The first-order valence-corrected chi connectivity index (χ1v) is 7.14. The van der Waals surface area contributed by atoms with E-state index in [9.17, 15) is 0 Å². The topological polar surface area (TPSA) is 31.6 Å². The van der Waals surface area contributed by atoms with Gasteiger partial charge in [0.25, 0.3) is 0 Å². The van der Waals surface area contributed by atoms with E-state index in [0.29, 0.717) is 0 Å². The van der Waals surface area contributed by atoms with Crippen LogP contribution in [0, 0.1) is 0 Å². The van der Waals surface area contributed by atoms with Crippen LogP contribution in [-0.4, -0.2) is 14.2 Å². The van der Waals surface area contributed by atoms with E-state index < -0.39 is 0 Å². The molecule has 0 amide bonds. The van der Waals surface area contributed by atoms with Crippen LogP contribution in [0.5, 0.6) is 11.5 Å². The molecule has 3 heteroatoms. The van der Waals surface area contributed by atoms with Crippen molar-refractivity contribution in [1.29, 1.82) is 0 Å². The summed E-state index contributed by atoms with van der Waals surface area (Å²) >= 11 is 0. The van der Waals surface area contributed by atoms with E-state index >= 15 is 0 Å². The lowest BCUT2D eigenvalue weighted by Gasteiger charge is -2.02. The van der Waals surface area contributed by atoms with Gasteiger partial charge in [0, 0.05) is 16.5 Å². The van der Waals surface area contributed by atoms with Crippen LogP contribution < -0.4 is 9.47 Å². The number of rotatable bonds is 4. The maximum Gasteiger partial charge on any atom is 0.142 e. The van der Waals surface area contributed by atoms with Crippen LogP contribution >= 0.6 is 0 Å². The van der Waals surface area contributed by atoms with E-state index in [0.717, 1.165) is 39.4 Å². The summed E-state index contributed by atoms with van der Waals surface area (Å²) in [7, 11) is 3.33. The Kier molecular flexibility index (Phi) is 3.88. The summed E-state index contributed by atoms with van der Waals surface area (Å²) in [4.78, 5) is 0. The molecule has 0 atom stereocenters. The molecule has 112 valence electrons. The van der Waals surface area contributed by atoms with E-state index in [1.165, 1.54) is 0 Å². The Morgan fingerprint density at radius 2 is 1.64 bits per heavy atom. The summed E-state index contributed by atoms with van der Waals surface area (Å²) in [6, 6.07) is 13.8. The molecular formula is C19H18O3. The van der Waals surface area contributed by atoms with Gasteiger partial charge in [0.15, 0.2) is 0 Å². The minimum absolute atomic E-state index is 0.822. The van der Waals surface area contributed by atoms with Gasteiger partial charge in [-0.25, -0.2) is 0 Å². The van der Waals surface area contributed by atoms with E-state index in [2.05, 4.69) is 0 Å². The number of hydrogen-bond acceptors (Lipinski definition) is 3. The third-order valence-electron chi connectivity index (χ3n) is 3.57. The Morgan fingerprint density at radius 3 is 2.27 bits per heavy atom. The lowest BCUT2D eigenvalue weighted by molar-refractivity contribution is 0.414. The van der Waals surface area contributed by atoms with Gasteiger partial charge >= 0.3 is 0 Å². The molecular weight excluding hydrogens is 276 g/mol. The highest BCUT2D eigenvalue weighted by Gasteiger charge is 2.11. The Bertz CT molecular complexity index is 811. The van der Waals surface area contributed by atoms with Crippen LogP contribution in [0.3, 0.4) is 0 Å². The zero-order chi connectivity index (χ0) is 15.5. The van der Waals surface area contributed by atoms with Crippen molar-refractivity contribution in [3.05, 3.63) is 54.1 Å². The minimum atomic E-state index is 0.822. The van der Waals surface area contributed by atoms with Gasteiger partial charge in [-0.15, -0.1) is 0 Å². The van der Waals surface area contributed by atoms with Crippen molar-refractivity contribution in [2.45, 2.75) is 6.92 Å². The predicted octanol–water partition coefficient (Wildman–Crippen LogP) is 5.15. The Balaban J connectivity index is 2.13. The summed E-state index contributed by atoms with van der Waals surface area (Å²) in [5.74, 6) is 2.48. The molecule has 0 aliphatic heterocycles. The van der Waals surface area contributed by atoms with Crippen LogP contribution in [0.25, 0.3) is 28.4 Å². The molecule has 0 aliphatic rings. The van der Waals surface area contributed by atoms with Crippen LogP contribution in [0.4, 0.5) is 0 Å². The standard InChI is InChI=1S/C19H18O3/c1-4-5-14-10-17(21-3)11-15-12-18(22-19(14)15)13-6-8-16(20-2)9-7-13/h4-12H,1-3H3/b5-4+. The van der Waals surface area contributed by atoms with Gasteiger partial charge in [-0.05, 0) is 49.4 Å². The first kappa shape index (κ1) is 14.3. The molecule has 0 saturated heterocycles. The molecule has 0 unspecified atom stereocenters. The number of benzene rings is 2. The van der Waals surface area contributed by atoms with Crippen LogP contribution in [-0.2, 0) is 0 Å². The average Bonchev–Trinajstić information content (AvgIpc) is 2.99. The number of ether oxygens (including phenoxy) is 2. The van der Waals surface area contributed by atoms with E-state index in [1.54, 1.807) is 14.2 Å². The third-order valence-corrected chi connectivity index (χ3v) is 3.57. The predicted molar refractivity (Wildman–Crippen MR) is 89.5 cm³/mol. The molecule has 0 radical (unpaired) electrons. The SMILES string of the molecule is C/C=C/c1cc(OC)cc2cc(-c3ccc(OC)cc3)oc12.